The molecule has 3 N–H and O–H groups in total. The normalized spacial score (nSPS) is 11.5. The van der Waals surface area contributed by atoms with Gasteiger partial charge in [0.15, 0.2) is 0 Å². The van der Waals surface area contributed by atoms with E-state index in [9.17, 15) is 4.79 Å². The molecule has 1 heterocycles. The Kier molecular flexibility index (Phi) is 6.34. The largest absolute Gasteiger partial charge is 0.349 e. The molecule has 0 fully saturated rings. The molecule has 0 saturated carbocycles. The van der Waals surface area contributed by atoms with E-state index < -0.39 is 0 Å². The van der Waals surface area contributed by atoms with Crippen LogP contribution in [0.1, 0.15) is 39.0 Å². The predicted octanol–water partition coefficient (Wildman–Crippen LogP) is 2.96. The summed E-state index contributed by atoms with van der Waals surface area (Å²) in [6.07, 6.45) is 2.27. The van der Waals surface area contributed by atoms with Gasteiger partial charge in [-0.3, -0.25) is 4.79 Å². The summed E-state index contributed by atoms with van der Waals surface area (Å²) in [6.45, 7) is 4.47. The van der Waals surface area contributed by atoms with Gasteiger partial charge in [0.05, 0.1) is 5.54 Å². The molecule has 0 spiro atoms. The number of aromatic nitrogens is 2. The first kappa shape index (κ1) is 18.4. The number of hydrogen-bond donors (Lipinski definition) is 2. The molecule has 2 aromatic rings. The Morgan fingerprint density at radius 1 is 1.29 bits per heavy atom. The third-order valence-electron chi connectivity index (χ3n) is 4.29. The smallest absolute Gasteiger partial charge is 0.227 e. The number of carbonyl (C=O) groups excluding carboxylic acids is 1. The number of benzene rings is 1. The minimum Gasteiger partial charge on any atom is -0.349 e. The third kappa shape index (κ3) is 4.55. The fourth-order valence-electron chi connectivity index (χ4n) is 2.42. The average molecular weight is 351 g/mol. The summed E-state index contributed by atoms with van der Waals surface area (Å²) in [7, 11) is 0. The lowest BCUT2D eigenvalue weighted by Gasteiger charge is -2.31. The molecule has 0 saturated heterocycles. The number of nitrogens with zero attached hydrogens (tertiary/aromatic N) is 2. The summed E-state index contributed by atoms with van der Waals surface area (Å²) in [5.74, 6) is 0.859. The van der Waals surface area contributed by atoms with Crippen LogP contribution in [0.25, 0.3) is 11.4 Å². The van der Waals surface area contributed by atoms with Gasteiger partial charge in [0.1, 0.15) is 0 Å². The van der Waals surface area contributed by atoms with Gasteiger partial charge in [0.25, 0.3) is 0 Å². The van der Waals surface area contributed by atoms with E-state index in [0.29, 0.717) is 29.7 Å². The zero-order valence-electron chi connectivity index (χ0n) is 14.0. The Labute approximate surface area is 146 Å². The monoisotopic (exact) mass is 350 g/mol. The molecule has 1 aromatic carbocycles. The number of nitrogens with one attached hydrogen (secondary N) is 1. The first-order chi connectivity index (χ1) is 11.5. The van der Waals surface area contributed by atoms with Gasteiger partial charge in [0.2, 0.25) is 17.6 Å². The minimum absolute atomic E-state index is 0.0598. The quantitative estimate of drug-likeness (QED) is 0.763. The van der Waals surface area contributed by atoms with Crippen molar-refractivity contribution < 1.29 is 9.32 Å². The number of nitrogens with two attached hydrogens (primary N) is 1. The second-order valence-electron chi connectivity index (χ2n) is 5.76. The van der Waals surface area contributed by atoms with Gasteiger partial charge in [-0.1, -0.05) is 30.6 Å². The Balaban J connectivity index is 1.93. The Morgan fingerprint density at radius 3 is 2.54 bits per heavy atom. The molecule has 1 aromatic heterocycles. The molecule has 130 valence electrons. The summed E-state index contributed by atoms with van der Waals surface area (Å²) >= 11 is 5.86. The molecule has 6 nitrogen and oxygen atoms in total. The van der Waals surface area contributed by atoms with Crippen molar-refractivity contribution in [1.82, 2.24) is 15.5 Å². The fourth-order valence-corrected chi connectivity index (χ4v) is 2.54. The second-order valence-corrected chi connectivity index (χ2v) is 6.19. The van der Waals surface area contributed by atoms with E-state index >= 15 is 0 Å². The van der Waals surface area contributed by atoms with Gasteiger partial charge < -0.3 is 15.6 Å². The average Bonchev–Trinajstić information content (AvgIpc) is 3.08. The zero-order chi connectivity index (χ0) is 17.6. The minimum atomic E-state index is -0.333. The highest BCUT2D eigenvalue weighted by molar-refractivity contribution is 6.30. The molecule has 1 amide bonds. The number of carbonyl (C=O) groups is 1. The van der Waals surface area contributed by atoms with E-state index in [1.165, 1.54) is 0 Å². The first-order valence-corrected chi connectivity index (χ1v) is 8.49. The molecule has 24 heavy (non-hydrogen) atoms. The standard InChI is InChI=1S/C17H23ClN4O2/c1-3-17(4-2,11-19)21-14(23)9-10-15-20-16(22-24-15)12-5-7-13(18)8-6-12/h5-8H,3-4,9-11,19H2,1-2H3,(H,21,23). The maximum absolute atomic E-state index is 12.2. The van der Waals surface area contributed by atoms with Crippen LogP contribution >= 0.6 is 11.6 Å². The molecule has 0 aliphatic rings. The van der Waals surface area contributed by atoms with E-state index in [4.69, 9.17) is 21.9 Å². The van der Waals surface area contributed by atoms with Crippen molar-refractivity contribution in [3.8, 4) is 11.4 Å². The van der Waals surface area contributed by atoms with Gasteiger partial charge in [-0.2, -0.15) is 4.98 Å². The van der Waals surface area contributed by atoms with Crippen LogP contribution in [0.4, 0.5) is 0 Å². The van der Waals surface area contributed by atoms with Crippen LogP contribution in [0.15, 0.2) is 28.8 Å². The number of rotatable bonds is 8. The number of hydrogen-bond acceptors (Lipinski definition) is 5. The molecular formula is C17H23ClN4O2. The van der Waals surface area contributed by atoms with Crippen molar-refractivity contribution in [3.63, 3.8) is 0 Å². The van der Waals surface area contributed by atoms with Crippen molar-refractivity contribution in [3.05, 3.63) is 35.2 Å². The van der Waals surface area contributed by atoms with Crippen molar-refractivity contribution in [2.75, 3.05) is 6.54 Å². The molecule has 7 heteroatoms. The molecule has 0 atom stereocenters. The topological polar surface area (TPSA) is 94.0 Å². The van der Waals surface area contributed by atoms with Crippen LogP contribution < -0.4 is 11.1 Å². The number of halogens is 1. The third-order valence-corrected chi connectivity index (χ3v) is 4.54. The highest BCUT2D eigenvalue weighted by Crippen LogP contribution is 2.19. The van der Waals surface area contributed by atoms with Crippen molar-refractivity contribution >= 4 is 17.5 Å². The van der Waals surface area contributed by atoms with E-state index in [1.54, 1.807) is 12.1 Å². The lowest BCUT2D eigenvalue weighted by molar-refractivity contribution is -0.123. The zero-order valence-corrected chi connectivity index (χ0v) is 14.8. The van der Waals surface area contributed by atoms with Crippen LogP contribution in [0, 0.1) is 0 Å². The molecule has 0 bridgehead atoms. The summed E-state index contributed by atoms with van der Waals surface area (Å²) < 4.78 is 5.21. The predicted molar refractivity (Wildman–Crippen MR) is 93.6 cm³/mol. The molecule has 2 rings (SSSR count). The molecule has 0 radical (unpaired) electrons. The van der Waals surface area contributed by atoms with E-state index in [1.807, 2.05) is 26.0 Å². The van der Waals surface area contributed by atoms with E-state index in [2.05, 4.69) is 15.5 Å². The van der Waals surface area contributed by atoms with Crippen LogP contribution in [-0.4, -0.2) is 28.1 Å². The van der Waals surface area contributed by atoms with Gasteiger partial charge in [-0.25, -0.2) is 0 Å². The lowest BCUT2D eigenvalue weighted by Crippen LogP contribution is -2.52. The summed E-state index contributed by atoms with van der Waals surface area (Å²) in [6, 6.07) is 7.17. The van der Waals surface area contributed by atoms with Crippen molar-refractivity contribution in [1.29, 1.82) is 0 Å². The summed E-state index contributed by atoms with van der Waals surface area (Å²) in [5, 5.41) is 7.61. The lowest BCUT2D eigenvalue weighted by atomic mass is 9.92. The first-order valence-electron chi connectivity index (χ1n) is 8.11. The molecule has 0 aliphatic heterocycles. The maximum Gasteiger partial charge on any atom is 0.227 e. The van der Waals surface area contributed by atoms with Crippen molar-refractivity contribution in [2.45, 2.75) is 45.1 Å². The van der Waals surface area contributed by atoms with Gasteiger partial charge in [-0.15, -0.1) is 0 Å². The second kappa shape index (κ2) is 8.26. The Bertz CT molecular complexity index is 657. The Morgan fingerprint density at radius 2 is 1.96 bits per heavy atom. The molecule has 0 aliphatic carbocycles. The molecule has 0 unspecified atom stereocenters. The summed E-state index contributed by atoms with van der Waals surface area (Å²) in [4.78, 5) is 16.5. The van der Waals surface area contributed by atoms with Gasteiger partial charge in [-0.05, 0) is 37.1 Å². The van der Waals surface area contributed by atoms with Crippen LogP contribution in [-0.2, 0) is 11.2 Å². The number of amides is 1. The number of aryl methyl sites for hydroxylation is 1. The van der Waals surface area contributed by atoms with Crippen LogP contribution in [0.3, 0.4) is 0 Å². The maximum atomic E-state index is 12.2. The van der Waals surface area contributed by atoms with Crippen LogP contribution in [0.2, 0.25) is 5.02 Å². The highest BCUT2D eigenvalue weighted by atomic mass is 35.5. The SMILES string of the molecule is CCC(CC)(CN)NC(=O)CCc1nc(-c2ccc(Cl)cc2)no1. The highest BCUT2D eigenvalue weighted by Gasteiger charge is 2.26. The van der Waals surface area contributed by atoms with E-state index in [-0.39, 0.29) is 17.9 Å². The van der Waals surface area contributed by atoms with Gasteiger partial charge >= 0.3 is 0 Å². The molecular weight excluding hydrogens is 328 g/mol. The van der Waals surface area contributed by atoms with Crippen LogP contribution in [0.5, 0.6) is 0 Å². The van der Waals surface area contributed by atoms with Gasteiger partial charge in [0, 0.05) is 30.0 Å². The van der Waals surface area contributed by atoms with Crippen molar-refractivity contribution in [2.24, 2.45) is 5.73 Å². The van der Waals surface area contributed by atoms with E-state index in [0.717, 1.165) is 18.4 Å². The summed E-state index contributed by atoms with van der Waals surface area (Å²) in [5.41, 5.74) is 6.28. The fraction of sp³-hybridized carbons (Fsp3) is 0.471. The Hall–Kier alpha value is -1.92.